The van der Waals surface area contributed by atoms with Crippen LogP contribution >= 0.6 is 24.2 Å². The molecule has 3 heterocycles. The summed E-state index contributed by atoms with van der Waals surface area (Å²) in [4.78, 5) is 13.6. The molecule has 0 aliphatic carbocycles. The number of thioether (sulfide) groups is 1. The van der Waals surface area contributed by atoms with Crippen LogP contribution in [0.5, 0.6) is 0 Å². The van der Waals surface area contributed by atoms with Gasteiger partial charge < -0.3 is 10.6 Å². The third kappa shape index (κ3) is 4.05. The summed E-state index contributed by atoms with van der Waals surface area (Å²) in [7, 11) is 0. The monoisotopic (exact) mass is 396 g/mol. The van der Waals surface area contributed by atoms with E-state index in [4.69, 9.17) is 0 Å². The van der Waals surface area contributed by atoms with Crippen LogP contribution in [0.3, 0.4) is 0 Å². The van der Waals surface area contributed by atoms with Gasteiger partial charge in [-0.25, -0.2) is 4.39 Å². The number of hydrogen-bond acceptors (Lipinski definition) is 4. The molecule has 2 unspecified atom stereocenters. The van der Waals surface area contributed by atoms with Crippen molar-refractivity contribution in [2.24, 2.45) is 0 Å². The number of rotatable bonds is 3. The van der Waals surface area contributed by atoms with Crippen molar-refractivity contribution in [1.82, 2.24) is 20.4 Å². The zero-order valence-corrected chi connectivity index (χ0v) is 15.9. The molecule has 4 rings (SSSR count). The van der Waals surface area contributed by atoms with Gasteiger partial charge in [-0.15, -0.1) is 24.2 Å². The summed E-state index contributed by atoms with van der Waals surface area (Å²) >= 11 is 1.70. The first-order valence-electron chi connectivity index (χ1n) is 8.70. The van der Waals surface area contributed by atoms with Crippen LogP contribution in [-0.2, 0) is 0 Å². The van der Waals surface area contributed by atoms with E-state index in [1.165, 1.54) is 12.1 Å². The van der Waals surface area contributed by atoms with Gasteiger partial charge in [-0.2, -0.15) is 5.10 Å². The molecule has 5 nitrogen and oxygen atoms in total. The van der Waals surface area contributed by atoms with Gasteiger partial charge in [0.2, 0.25) is 0 Å². The van der Waals surface area contributed by atoms with E-state index in [1.54, 1.807) is 23.9 Å². The molecule has 2 aliphatic heterocycles. The molecule has 0 spiro atoms. The van der Waals surface area contributed by atoms with Crippen molar-refractivity contribution in [1.29, 1.82) is 0 Å². The minimum Gasteiger partial charge on any atom is -0.344 e. The number of carbonyl (C=O) groups excluding carboxylic acids is 1. The molecule has 0 saturated carbocycles. The number of benzene rings is 1. The molecule has 1 fully saturated rings. The van der Waals surface area contributed by atoms with E-state index in [0.29, 0.717) is 11.7 Å². The van der Waals surface area contributed by atoms with Gasteiger partial charge in [0.15, 0.2) is 0 Å². The third-order valence-corrected chi connectivity index (χ3v) is 5.93. The molecular formula is C18H22ClFN4OS. The summed E-state index contributed by atoms with van der Waals surface area (Å²) in [6.45, 7) is 1.93. The molecule has 2 aromatic rings. The molecule has 1 saturated heterocycles. The van der Waals surface area contributed by atoms with Crippen LogP contribution in [0, 0.1) is 5.82 Å². The Morgan fingerprint density at radius 3 is 3.04 bits per heavy atom. The summed E-state index contributed by atoms with van der Waals surface area (Å²) in [6.07, 6.45) is 4.85. The molecule has 1 aromatic heterocycles. The molecule has 26 heavy (non-hydrogen) atoms. The Bertz CT molecular complexity index is 778. The van der Waals surface area contributed by atoms with E-state index in [2.05, 4.69) is 15.7 Å². The molecule has 1 aromatic carbocycles. The van der Waals surface area contributed by atoms with Gasteiger partial charge in [0, 0.05) is 23.4 Å². The lowest BCUT2D eigenvalue weighted by atomic mass is 10.0. The highest BCUT2D eigenvalue weighted by Gasteiger charge is 2.25. The first kappa shape index (κ1) is 19.2. The van der Waals surface area contributed by atoms with Crippen molar-refractivity contribution in [2.75, 3.05) is 18.8 Å². The third-order valence-electron chi connectivity index (χ3n) is 4.80. The molecule has 1 amide bonds. The van der Waals surface area contributed by atoms with Crippen LogP contribution in [0.4, 0.5) is 4.39 Å². The standard InChI is InChI=1S/C18H21FN4OS.ClH/c19-12-3-4-17-14(10-12)15(6-9-25-17)21-18(24)16-5-8-23(22-16)13-2-1-7-20-11-13;/h3-5,8,10,13,15,20H,1-2,6-7,9,11H2,(H,21,24);1H. The number of piperidine rings is 1. The van der Waals surface area contributed by atoms with Crippen molar-refractivity contribution < 1.29 is 9.18 Å². The first-order chi connectivity index (χ1) is 12.2. The first-order valence-corrected chi connectivity index (χ1v) is 9.68. The molecular weight excluding hydrogens is 375 g/mol. The highest BCUT2D eigenvalue weighted by Crippen LogP contribution is 2.36. The van der Waals surface area contributed by atoms with Crippen LogP contribution in [0.25, 0.3) is 0 Å². The fraction of sp³-hybridized carbons (Fsp3) is 0.444. The van der Waals surface area contributed by atoms with Crippen molar-refractivity contribution in [3.63, 3.8) is 0 Å². The number of halogens is 2. The Morgan fingerprint density at radius 1 is 1.35 bits per heavy atom. The van der Waals surface area contributed by atoms with E-state index in [0.717, 1.165) is 48.6 Å². The molecule has 0 radical (unpaired) electrons. The largest absolute Gasteiger partial charge is 0.344 e. The second-order valence-electron chi connectivity index (χ2n) is 6.53. The average Bonchev–Trinajstić information content (AvgIpc) is 3.13. The Labute approximate surface area is 162 Å². The minimum atomic E-state index is -0.269. The molecule has 140 valence electrons. The zero-order chi connectivity index (χ0) is 17.2. The summed E-state index contributed by atoms with van der Waals surface area (Å²) < 4.78 is 15.5. The minimum absolute atomic E-state index is 0. The van der Waals surface area contributed by atoms with Gasteiger partial charge in [0.25, 0.3) is 5.91 Å². The van der Waals surface area contributed by atoms with Crippen molar-refractivity contribution in [3.05, 3.63) is 47.5 Å². The maximum atomic E-state index is 13.6. The van der Waals surface area contributed by atoms with Gasteiger partial charge in [-0.3, -0.25) is 9.48 Å². The van der Waals surface area contributed by atoms with E-state index in [1.807, 2.05) is 10.9 Å². The van der Waals surface area contributed by atoms with Gasteiger partial charge >= 0.3 is 0 Å². The van der Waals surface area contributed by atoms with Crippen molar-refractivity contribution >= 4 is 30.1 Å². The predicted molar refractivity (Wildman–Crippen MR) is 103 cm³/mol. The summed E-state index contributed by atoms with van der Waals surface area (Å²) in [5.74, 6) is 0.440. The molecule has 2 aliphatic rings. The molecule has 2 atom stereocenters. The van der Waals surface area contributed by atoms with E-state index >= 15 is 0 Å². The number of nitrogens with zero attached hydrogens (tertiary/aromatic N) is 2. The second kappa shape index (κ2) is 8.41. The number of nitrogens with one attached hydrogen (secondary N) is 2. The van der Waals surface area contributed by atoms with E-state index < -0.39 is 0 Å². The summed E-state index contributed by atoms with van der Waals surface area (Å²) in [6, 6.07) is 6.68. The fourth-order valence-corrected chi connectivity index (χ4v) is 4.57. The highest BCUT2D eigenvalue weighted by atomic mass is 35.5. The summed E-state index contributed by atoms with van der Waals surface area (Å²) in [5, 5.41) is 10.8. The van der Waals surface area contributed by atoms with Crippen LogP contribution in [0.15, 0.2) is 35.4 Å². The van der Waals surface area contributed by atoms with E-state index in [-0.39, 0.29) is 30.2 Å². The van der Waals surface area contributed by atoms with Crippen LogP contribution in [0.1, 0.15) is 47.4 Å². The topological polar surface area (TPSA) is 59.0 Å². The van der Waals surface area contributed by atoms with Gasteiger partial charge in [-0.1, -0.05) is 0 Å². The Kier molecular flexibility index (Phi) is 6.21. The van der Waals surface area contributed by atoms with E-state index in [9.17, 15) is 9.18 Å². The SMILES string of the molecule is Cl.O=C(NC1CCSc2ccc(F)cc21)c1ccn(C2CCCNC2)n1. The Balaban J connectivity index is 0.00000196. The molecule has 8 heteroatoms. The molecule has 0 bridgehead atoms. The number of hydrogen-bond donors (Lipinski definition) is 2. The van der Waals surface area contributed by atoms with Gasteiger partial charge in [-0.05, 0) is 55.6 Å². The number of aromatic nitrogens is 2. The number of fused-ring (bicyclic) bond motifs is 1. The van der Waals surface area contributed by atoms with Crippen molar-refractivity contribution in [2.45, 2.75) is 36.2 Å². The lowest BCUT2D eigenvalue weighted by Gasteiger charge is -2.25. The lowest BCUT2D eigenvalue weighted by Crippen LogP contribution is -2.33. The zero-order valence-electron chi connectivity index (χ0n) is 14.3. The van der Waals surface area contributed by atoms with Crippen LogP contribution in [-0.4, -0.2) is 34.5 Å². The van der Waals surface area contributed by atoms with Gasteiger partial charge in [0.05, 0.1) is 12.1 Å². The predicted octanol–water partition coefficient (Wildman–Crippen LogP) is 3.34. The Hall–Kier alpha value is -1.57. The maximum Gasteiger partial charge on any atom is 0.272 e. The summed E-state index contributed by atoms with van der Waals surface area (Å²) in [5.41, 5.74) is 1.28. The number of carbonyl (C=O) groups is 1. The second-order valence-corrected chi connectivity index (χ2v) is 7.66. The van der Waals surface area contributed by atoms with Crippen LogP contribution in [0.2, 0.25) is 0 Å². The normalized spacial score (nSPS) is 22.2. The lowest BCUT2D eigenvalue weighted by molar-refractivity contribution is 0.0928. The molecule has 2 N–H and O–H groups in total. The van der Waals surface area contributed by atoms with Crippen molar-refractivity contribution in [3.8, 4) is 0 Å². The smallest absolute Gasteiger partial charge is 0.272 e. The number of amides is 1. The maximum absolute atomic E-state index is 13.6. The van der Waals surface area contributed by atoms with Crippen LogP contribution < -0.4 is 10.6 Å². The Morgan fingerprint density at radius 2 is 2.23 bits per heavy atom. The highest BCUT2D eigenvalue weighted by molar-refractivity contribution is 7.99. The fourth-order valence-electron chi connectivity index (χ4n) is 3.47. The average molecular weight is 397 g/mol. The van der Waals surface area contributed by atoms with Gasteiger partial charge in [0.1, 0.15) is 11.5 Å². The quantitative estimate of drug-likeness (QED) is 0.835.